The second-order valence-corrected chi connectivity index (χ2v) is 3.22. The molecule has 1 heterocycles. The third-order valence-electron chi connectivity index (χ3n) is 0.362. The van der Waals surface area contributed by atoms with Crippen LogP contribution in [-0.4, -0.2) is 23.1 Å². The van der Waals surface area contributed by atoms with Crippen LogP contribution in [0.5, 0.6) is 0 Å². The van der Waals surface area contributed by atoms with Crippen molar-refractivity contribution in [1.82, 2.24) is 0 Å². The molecule has 1 rings (SSSR count). The zero-order valence-electron chi connectivity index (χ0n) is 3.69. The Labute approximate surface area is 68.7 Å². The molecule has 0 spiro atoms. The molecule has 1 aromatic rings. The van der Waals surface area contributed by atoms with Gasteiger partial charge >= 0.3 is 23.1 Å². The van der Waals surface area contributed by atoms with E-state index in [-0.39, 0.29) is 35.5 Å². The molecule has 0 N–H and O–H groups in total. The first-order valence-corrected chi connectivity index (χ1v) is 4.17. The number of hydrogen-bond donors (Lipinski definition) is 0. The summed E-state index contributed by atoms with van der Waals surface area (Å²) in [5.74, 6) is 5.17. The van der Waals surface area contributed by atoms with Gasteiger partial charge in [0.15, 0.2) is 0 Å². The van der Waals surface area contributed by atoms with Gasteiger partial charge in [0.25, 0.3) is 0 Å². The molecule has 0 aliphatic carbocycles. The fourth-order valence-corrected chi connectivity index (χ4v) is 1.68. The van der Waals surface area contributed by atoms with Crippen molar-refractivity contribution in [2.24, 2.45) is 0 Å². The van der Waals surface area contributed by atoms with E-state index in [2.05, 4.69) is 11.6 Å². The molecule has 0 fully saturated rings. The molecule has 0 bridgehead atoms. The van der Waals surface area contributed by atoms with Gasteiger partial charge in [0.2, 0.25) is 0 Å². The van der Waals surface area contributed by atoms with Gasteiger partial charge in [-0.05, 0) is 0 Å². The van der Waals surface area contributed by atoms with Crippen LogP contribution in [0, 0.1) is 5.80 Å². The minimum absolute atomic E-state index is 0. The fraction of sp³-hybridized carbons (Fsp3) is 0. The smallest absolute Gasteiger partial charge is 1.00 e. The van der Waals surface area contributed by atoms with E-state index in [1.165, 1.54) is 7.87 Å². The standard InChI is InChI=1S/C3H3P2.ClH.Mg/c1-2-4-5-3-1;;/h1-2,4H;1H;/q-1;;+2/p-1. The average molecular weight is 161 g/mol. The second kappa shape index (κ2) is 7.27. The summed E-state index contributed by atoms with van der Waals surface area (Å²) in [6.45, 7) is 0. The molecule has 4 heteroatoms. The predicted molar refractivity (Wildman–Crippen MR) is 33.0 cm³/mol. The molecule has 0 saturated carbocycles. The molecule has 34 valence electrons. The van der Waals surface area contributed by atoms with E-state index in [1.807, 2.05) is 6.07 Å². The molecule has 0 saturated heterocycles. The van der Waals surface area contributed by atoms with Gasteiger partial charge in [0.05, 0.1) is 0 Å². The number of halogens is 1. The van der Waals surface area contributed by atoms with Crippen LogP contribution in [0.3, 0.4) is 0 Å². The maximum Gasteiger partial charge on any atom is 2.00 e. The van der Waals surface area contributed by atoms with E-state index in [0.717, 1.165) is 7.87 Å². The van der Waals surface area contributed by atoms with Gasteiger partial charge < -0.3 is 12.4 Å². The van der Waals surface area contributed by atoms with E-state index < -0.39 is 0 Å². The average Bonchev–Trinajstić information content (AvgIpc) is 1.76. The Morgan fingerprint density at radius 3 is 2.43 bits per heavy atom. The minimum Gasteiger partial charge on any atom is -1.00 e. The Balaban J connectivity index is 0. The third kappa shape index (κ3) is 5.13. The van der Waals surface area contributed by atoms with Gasteiger partial charge in [0, 0.05) is 0 Å². The molecule has 1 unspecified atom stereocenters. The Bertz CT molecular complexity index is 69.4. The van der Waals surface area contributed by atoms with Gasteiger partial charge in [-0.25, -0.2) is 19.7 Å². The van der Waals surface area contributed by atoms with E-state index in [1.54, 1.807) is 0 Å². The van der Waals surface area contributed by atoms with Crippen molar-refractivity contribution in [2.75, 3.05) is 0 Å². The third-order valence-corrected chi connectivity index (χ3v) is 2.31. The Hall–Kier alpha value is 1.27. The van der Waals surface area contributed by atoms with Gasteiger partial charge in [0.1, 0.15) is 0 Å². The first-order valence-electron chi connectivity index (χ1n) is 1.36. The zero-order valence-corrected chi connectivity index (χ0v) is 7.75. The summed E-state index contributed by atoms with van der Waals surface area (Å²) in [5.41, 5.74) is 0. The monoisotopic (exact) mass is 160 g/mol. The molecule has 0 aliphatic rings. The molecular formula is C3H3ClMgP2. The predicted octanol–water partition coefficient (Wildman–Crippen LogP) is -1.28. The van der Waals surface area contributed by atoms with Gasteiger partial charge in [-0.3, -0.25) is 0 Å². The largest absolute Gasteiger partial charge is 2.00 e. The second-order valence-electron chi connectivity index (χ2n) is 0.703. The SMILES string of the molecule is [Cl-].[Mg+2].[c-]1cc[pH]p1. The summed E-state index contributed by atoms with van der Waals surface area (Å²) in [6.07, 6.45) is 0. The summed E-state index contributed by atoms with van der Waals surface area (Å²) in [7, 11) is 2.35. The van der Waals surface area contributed by atoms with Crippen molar-refractivity contribution in [3.63, 3.8) is 0 Å². The van der Waals surface area contributed by atoms with Crippen LogP contribution in [0.2, 0.25) is 0 Å². The van der Waals surface area contributed by atoms with Crippen molar-refractivity contribution in [1.29, 1.82) is 0 Å². The summed E-state index contributed by atoms with van der Waals surface area (Å²) in [5, 5.41) is 0. The molecule has 0 aliphatic heterocycles. The molecule has 0 amide bonds. The molecule has 1 atom stereocenters. The summed E-state index contributed by atoms with van der Waals surface area (Å²) >= 11 is 0. The van der Waals surface area contributed by atoms with Crippen LogP contribution in [-0.2, 0) is 0 Å². The van der Waals surface area contributed by atoms with Crippen molar-refractivity contribution in [3.05, 3.63) is 17.7 Å². The topological polar surface area (TPSA) is 0 Å². The van der Waals surface area contributed by atoms with Gasteiger partial charge in [-0.1, -0.05) is 0 Å². The van der Waals surface area contributed by atoms with E-state index in [4.69, 9.17) is 0 Å². The van der Waals surface area contributed by atoms with Crippen LogP contribution in [0.4, 0.5) is 0 Å². The first-order chi connectivity index (χ1) is 2.50. The van der Waals surface area contributed by atoms with E-state index in [9.17, 15) is 0 Å². The van der Waals surface area contributed by atoms with Crippen LogP contribution in [0.15, 0.2) is 11.9 Å². The van der Waals surface area contributed by atoms with Crippen molar-refractivity contribution in [2.45, 2.75) is 0 Å². The fourth-order valence-electron chi connectivity index (χ4n) is 0.186. The van der Waals surface area contributed by atoms with E-state index in [0.29, 0.717) is 0 Å². The zero-order chi connectivity index (χ0) is 3.54. The van der Waals surface area contributed by atoms with Gasteiger partial charge in [-0.15, -0.1) is 0 Å². The minimum atomic E-state index is 0. The molecule has 0 radical (unpaired) electrons. The number of rotatable bonds is 0. The molecule has 0 nitrogen and oxygen atoms in total. The van der Waals surface area contributed by atoms with Crippen LogP contribution in [0.1, 0.15) is 0 Å². The summed E-state index contributed by atoms with van der Waals surface area (Å²) < 4.78 is 0. The van der Waals surface area contributed by atoms with Crippen molar-refractivity contribution >= 4 is 38.8 Å². The van der Waals surface area contributed by atoms with Crippen molar-refractivity contribution in [3.8, 4) is 0 Å². The summed E-state index contributed by atoms with van der Waals surface area (Å²) in [4.78, 5) is 0. The molecule has 0 aromatic carbocycles. The molecular weight excluding hydrogens is 158 g/mol. The van der Waals surface area contributed by atoms with Crippen LogP contribution < -0.4 is 12.4 Å². The quantitative estimate of drug-likeness (QED) is 0.328. The van der Waals surface area contributed by atoms with Crippen molar-refractivity contribution < 1.29 is 12.4 Å². The maximum atomic E-state index is 3.03. The molecule has 1 aromatic heterocycles. The van der Waals surface area contributed by atoms with Crippen LogP contribution in [0.25, 0.3) is 0 Å². The Morgan fingerprint density at radius 1 is 1.57 bits per heavy atom. The first kappa shape index (κ1) is 11.1. The maximum absolute atomic E-state index is 3.03. The number of hydrogen-bond acceptors (Lipinski definition) is 0. The molecule has 7 heavy (non-hydrogen) atoms. The Morgan fingerprint density at radius 2 is 2.29 bits per heavy atom. The normalized spacial score (nSPS) is 8.00. The Kier molecular flexibility index (Phi) is 11.5. The van der Waals surface area contributed by atoms with Gasteiger partial charge in [-0.2, -0.15) is 13.7 Å². The van der Waals surface area contributed by atoms with Crippen LogP contribution >= 0.6 is 15.7 Å². The van der Waals surface area contributed by atoms with E-state index >= 15 is 0 Å². The summed E-state index contributed by atoms with van der Waals surface area (Å²) in [6, 6.07) is 1.99.